The van der Waals surface area contributed by atoms with Crippen LogP contribution in [0.5, 0.6) is 28.7 Å². The van der Waals surface area contributed by atoms with Crippen LogP contribution in [0, 0.1) is 0 Å². The Balaban J connectivity index is 1.82. The van der Waals surface area contributed by atoms with Gasteiger partial charge in [0.1, 0.15) is 18.1 Å². The lowest BCUT2D eigenvalue weighted by Gasteiger charge is -2.20. The smallest absolute Gasteiger partial charge is 0.416 e. The molecular formula is C31H32F3NO12. The fourth-order valence-corrected chi connectivity index (χ4v) is 4.20. The number of aliphatic hydroxyl groups excluding tert-OH is 2. The first-order valence-electron chi connectivity index (χ1n) is 13.6. The van der Waals surface area contributed by atoms with Gasteiger partial charge in [-0.3, -0.25) is 0 Å². The number of benzene rings is 3. The molecule has 0 aliphatic carbocycles. The van der Waals surface area contributed by atoms with Gasteiger partial charge in [-0.2, -0.15) is 13.2 Å². The summed E-state index contributed by atoms with van der Waals surface area (Å²) in [7, 11) is 5.33. The molecule has 13 nitrogen and oxygen atoms in total. The van der Waals surface area contributed by atoms with E-state index in [1.807, 2.05) is 0 Å². The second-order valence-electron chi connectivity index (χ2n) is 9.47. The SMILES string of the molecule is COc1cc(C(=O)OCC(CNC(=O)Oc2cccc(C(F)(F)F)c2)OC(=O)c2cc(OC)c(OC)c(OC)c2)cc(CO)c1CO. The van der Waals surface area contributed by atoms with Crippen molar-refractivity contribution in [3.8, 4) is 28.7 Å². The summed E-state index contributed by atoms with van der Waals surface area (Å²) in [5.74, 6) is -1.75. The highest BCUT2D eigenvalue weighted by Gasteiger charge is 2.31. The van der Waals surface area contributed by atoms with E-state index < -0.39 is 68.0 Å². The summed E-state index contributed by atoms with van der Waals surface area (Å²) >= 11 is 0. The number of ether oxygens (including phenoxy) is 7. The molecule has 0 fully saturated rings. The van der Waals surface area contributed by atoms with Crippen LogP contribution in [-0.2, 0) is 28.9 Å². The maximum Gasteiger partial charge on any atom is 0.416 e. The fourth-order valence-electron chi connectivity index (χ4n) is 4.20. The van der Waals surface area contributed by atoms with Gasteiger partial charge < -0.3 is 48.7 Å². The fraction of sp³-hybridized carbons (Fsp3) is 0.323. The molecule has 16 heteroatoms. The van der Waals surface area contributed by atoms with Gasteiger partial charge in [0.2, 0.25) is 5.75 Å². The van der Waals surface area contributed by atoms with Crippen LogP contribution in [0.4, 0.5) is 18.0 Å². The first kappa shape index (κ1) is 36.3. The van der Waals surface area contributed by atoms with Crippen molar-refractivity contribution in [2.24, 2.45) is 0 Å². The highest BCUT2D eigenvalue weighted by molar-refractivity contribution is 5.92. The number of rotatable bonds is 14. The standard InChI is InChI=1S/C31H32F3NO12/c1-41-24-9-17(8-19(14-36)23(24)15-37)28(38)45-16-22(13-35-30(40)47-21-7-5-6-20(12-21)31(32,33)34)46-29(39)18-10-25(42-2)27(44-4)26(11-18)43-3/h5-12,22,36-37H,13-16H2,1-4H3,(H,35,40). The molecule has 0 bridgehead atoms. The molecule has 0 spiro atoms. The van der Waals surface area contributed by atoms with Crippen molar-refractivity contribution in [2.75, 3.05) is 41.6 Å². The second-order valence-corrected chi connectivity index (χ2v) is 9.47. The zero-order valence-electron chi connectivity index (χ0n) is 25.6. The summed E-state index contributed by atoms with van der Waals surface area (Å²) in [6, 6.07) is 8.76. The van der Waals surface area contributed by atoms with Crippen LogP contribution in [0.1, 0.15) is 37.4 Å². The molecule has 0 aliphatic rings. The summed E-state index contributed by atoms with van der Waals surface area (Å²) in [4.78, 5) is 38.6. The Morgan fingerprint density at radius 2 is 1.43 bits per heavy atom. The largest absolute Gasteiger partial charge is 0.496 e. The minimum atomic E-state index is -4.67. The predicted octanol–water partition coefficient (Wildman–Crippen LogP) is 3.90. The number of aliphatic hydroxyl groups is 2. The Hall–Kier alpha value is -5.22. The first-order valence-corrected chi connectivity index (χ1v) is 13.6. The number of carbonyl (C=O) groups is 3. The van der Waals surface area contributed by atoms with Gasteiger partial charge in [0.15, 0.2) is 17.6 Å². The minimum absolute atomic E-state index is 0.0701. The Bertz CT molecular complexity index is 1530. The van der Waals surface area contributed by atoms with E-state index in [0.29, 0.717) is 6.07 Å². The number of alkyl halides is 3. The van der Waals surface area contributed by atoms with Crippen molar-refractivity contribution in [3.63, 3.8) is 0 Å². The molecule has 3 rings (SSSR count). The lowest BCUT2D eigenvalue weighted by molar-refractivity contribution is -0.137. The molecule has 1 amide bonds. The van der Waals surface area contributed by atoms with E-state index in [0.717, 1.165) is 18.2 Å². The maximum atomic E-state index is 13.2. The molecule has 3 aromatic rings. The Kier molecular flexibility index (Phi) is 12.6. The highest BCUT2D eigenvalue weighted by atomic mass is 19.4. The molecule has 1 atom stereocenters. The normalized spacial score (nSPS) is 11.6. The van der Waals surface area contributed by atoms with Gasteiger partial charge in [0.25, 0.3) is 0 Å². The van der Waals surface area contributed by atoms with Crippen LogP contribution in [0.25, 0.3) is 0 Å². The molecule has 0 saturated heterocycles. The molecule has 1 unspecified atom stereocenters. The number of hydrogen-bond donors (Lipinski definition) is 3. The van der Waals surface area contributed by atoms with Gasteiger partial charge in [-0.05, 0) is 48.0 Å². The summed E-state index contributed by atoms with van der Waals surface area (Å²) in [6.07, 6.45) is -7.23. The van der Waals surface area contributed by atoms with E-state index in [1.165, 1.54) is 52.7 Å². The average Bonchev–Trinajstić information content (AvgIpc) is 3.07. The number of amides is 1. The van der Waals surface area contributed by atoms with Crippen LogP contribution in [-0.4, -0.2) is 75.9 Å². The Morgan fingerprint density at radius 3 is 1.98 bits per heavy atom. The molecule has 254 valence electrons. The first-order chi connectivity index (χ1) is 22.4. The highest BCUT2D eigenvalue weighted by Crippen LogP contribution is 2.38. The summed E-state index contributed by atoms with van der Waals surface area (Å²) < 4.78 is 75.9. The zero-order valence-corrected chi connectivity index (χ0v) is 25.6. The van der Waals surface area contributed by atoms with Crippen molar-refractivity contribution in [1.82, 2.24) is 5.32 Å². The van der Waals surface area contributed by atoms with E-state index in [1.54, 1.807) is 0 Å². The van der Waals surface area contributed by atoms with Crippen LogP contribution in [0.3, 0.4) is 0 Å². The number of nitrogens with one attached hydrogen (secondary N) is 1. The van der Waals surface area contributed by atoms with Crippen molar-refractivity contribution >= 4 is 18.0 Å². The molecule has 47 heavy (non-hydrogen) atoms. The second kappa shape index (κ2) is 16.4. The van der Waals surface area contributed by atoms with Crippen molar-refractivity contribution < 1.29 is 70.9 Å². The number of hydrogen-bond acceptors (Lipinski definition) is 12. The van der Waals surface area contributed by atoms with Crippen LogP contribution in [0.2, 0.25) is 0 Å². The quantitative estimate of drug-likeness (QED) is 0.213. The minimum Gasteiger partial charge on any atom is -0.496 e. The molecule has 0 heterocycles. The molecule has 0 saturated carbocycles. The van der Waals surface area contributed by atoms with Crippen LogP contribution in [0.15, 0.2) is 48.5 Å². The van der Waals surface area contributed by atoms with E-state index in [-0.39, 0.29) is 45.3 Å². The number of methoxy groups -OCH3 is 4. The average molecular weight is 668 g/mol. The third kappa shape index (κ3) is 9.40. The molecule has 3 N–H and O–H groups in total. The van der Waals surface area contributed by atoms with Gasteiger partial charge in [-0.25, -0.2) is 14.4 Å². The molecule has 0 aromatic heterocycles. The third-order valence-corrected chi connectivity index (χ3v) is 6.51. The van der Waals surface area contributed by atoms with Crippen molar-refractivity contribution in [2.45, 2.75) is 25.5 Å². The van der Waals surface area contributed by atoms with E-state index >= 15 is 0 Å². The van der Waals surface area contributed by atoms with E-state index in [9.17, 15) is 37.8 Å². The monoisotopic (exact) mass is 667 g/mol. The maximum absolute atomic E-state index is 13.2. The van der Waals surface area contributed by atoms with Crippen LogP contribution >= 0.6 is 0 Å². The lowest BCUT2D eigenvalue weighted by atomic mass is 10.0. The molecule has 3 aromatic carbocycles. The van der Waals surface area contributed by atoms with Gasteiger partial charge in [-0.1, -0.05) is 6.07 Å². The van der Waals surface area contributed by atoms with E-state index in [2.05, 4.69) is 5.32 Å². The zero-order chi connectivity index (χ0) is 34.7. The van der Waals surface area contributed by atoms with Crippen LogP contribution < -0.4 is 29.0 Å². The van der Waals surface area contributed by atoms with Gasteiger partial charge in [-0.15, -0.1) is 0 Å². The molecular weight excluding hydrogens is 635 g/mol. The van der Waals surface area contributed by atoms with Gasteiger partial charge in [0, 0.05) is 5.56 Å². The summed E-state index contributed by atoms with van der Waals surface area (Å²) in [6.45, 7) is -2.15. The van der Waals surface area contributed by atoms with Gasteiger partial charge in [0.05, 0.1) is 64.9 Å². The van der Waals surface area contributed by atoms with E-state index in [4.69, 9.17) is 33.2 Å². The third-order valence-electron chi connectivity index (χ3n) is 6.51. The Morgan fingerprint density at radius 1 is 0.809 bits per heavy atom. The van der Waals surface area contributed by atoms with Crippen molar-refractivity contribution in [1.29, 1.82) is 0 Å². The van der Waals surface area contributed by atoms with Crippen molar-refractivity contribution in [3.05, 3.63) is 76.3 Å². The molecule has 0 aliphatic heterocycles. The topological polar surface area (TPSA) is 168 Å². The van der Waals surface area contributed by atoms with Gasteiger partial charge >= 0.3 is 24.2 Å². The number of carbonyl (C=O) groups excluding carboxylic acids is 3. The number of halogens is 3. The Labute approximate surface area is 266 Å². The number of esters is 2. The summed E-state index contributed by atoms with van der Waals surface area (Å²) in [5, 5.41) is 21.6. The summed E-state index contributed by atoms with van der Waals surface area (Å²) in [5.41, 5.74) is -0.732. The lowest BCUT2D eigenvalue weighted by Crippen LogP contribution is -2.39. The predicted molar refractivity (Wildman–Crippen MR) is 156 cm³/mol. The molecule has 0 radical (unpaired) electrons.